The summed E-state index contributed by atoms with van der Waals surface area (Å²) in [5.41, 5.74) is 0.943. The van der Waals surface area contributed by atoms with Gasteiger partial charge in [-0.15, -0.1) is 0 Å². The van der Waals surface area contributed by atoms with Crippen LogP contribution in [0.2, 0.25) is 5.02 Å². The summed E-state index contributed by atoms with van der Waals surface area (Å²) in [6.07, 6.45) is 0. The summed E-state index contributed by atoms with van der Waals surface area (Å²) in [4.78, 5) is 0. The van der Waals surface area contributed by atoms with E-state index in [1.807, 2.05) is 0 Å². The van der Waals surface area contributed by atoms with Crippen LogP contribution in [0.3, 0.4) is 0 Å². The lowest BCUT2D eigenvalue weighted by Crippen LogP contribution is -1.83. The Bertz CT molecular complexity index is 739. The number of halogens is 2. The van der Waals surface area contributed by atoms with E-state index in [1.54, 1.807) is 18.2 Å². The largest absolute Gasteiger partial charge is 0.355 e. The average molecular weight is 263 g/mol. The fourth-order valence-electron chi connectivity index (χ4n) is 1.79. The van der Waals surface area contributed by atoms with E-state index < -0.39 is 5.82 Å². The highest BCUT2D eigenvalue weighted by Gasteiger charge is 2.16. The molecular weight excluding hydrogens is 257 g/mol. The molecule has 0 unspecified atom stereocenters. The Kier molecular flexibility index (Phi) is 2.45. The van der Waals surface area contributed by atoms with E-state index in [0.29, 0.717) is 22.2 Å². The SMILES string of the molecule is [O]c1cc2onc(-c3ccccc3F)c2cc1Cl. The van der Waals surface area contributed by atoms with Gasteiger partial charge in [0, 0.05) is 11.6 Å². The maximum absolute atomic E-state index is 13.7. The van der Waals surface area contributed by atoms with Gasteiger partial charge in [-0.2, -0.15) is 0 Å². The van der Waals surface area contributed by atoms with Crippen molar-refractivity contribution in [2.45, 2.75) is 0 Å². The molecule has 0 aliphatic rings. The van der Waals surface area contributed by atoms with E-state index in [4.69, 9.17) is 16.1 Å². The van der Waals surface area contributed by atoms with Crippen LogP contribution in [0.15, 0.2) is 40.9 Å². The maximum Gasteiger partial charge on any atom is 0.201 e. The third kappa shape index (κ3) is 1.62. The van der Waals surface area contributed by atoms with Crippen LogP contribution < -0.4 is 0 Å². The molecule has 0 atom stereocenters. The monoisotopic (exact) mass is 262 g/mol. The Morgan fingerprint density at radius 1 is 1.22 bits per heavy atom. The van der Waals surface area contributed by atoms with E-state index in [-0.39, 0.29) is 10.8 Å². The zero-order valence-electron chi connectivity index (χ0n) is 8.98. The van der Waals surface area contributed by atoms with Crippen molar-refractivity contribution in [1.82, 2.24) is 5.16 Å². The van der Waals surface area contributed by atoms with Gasteiger partial charge in [0.25, 0.3) is 0 Å². The quantitative estimate of drug-likeness (QED) is 0.651. The van der Waals surface area contributed by atoms with E-state index >= 15 is 0 Å². The lowest BCUT2D eigenvalue weighted by molar-refractivity contribution is 0.354. The highest BCUT2D eigenvalue weighted by molar-refractivity contribution is 6.32. The fourth-order valence-corrected chi connectivity index (χ4v) is 1.95. The minimum Gasteiger partial charge on any atom is -0.355 e. The first kappa shape index (κ1) is 11.0. The topological polar surface area (TPSA) is 45.9 Å². The third-order valence-corrected chi connectivity index (χ3v) is 2.95. The number of aromatic nitrogens is 1. The molecule has 0 saturated heterocycles. The van der Waals surface area contributed by atoms with Crippen molar-refractivity contribution in [1.29, 1.82) is 0 Å². The molecule has 0 aliphatic heterocycles. The van der Waals surface area contributed by atoms with Gasteiger partial charge in [0.2, 0.25) is 5.75 Å². The van der Waals surface area contributed by atoms with Crippen molar-refractivity contribution in [2.24, 2.45) is 0 Å². The second-order valence-electron chi connectivity index (χ2n) is 3.79. The number of hydrogen-bond donors (Lipinski definition) is 0. The summed E-state index contributed by atoms with van der Waals surface area (Å²) in [6, 6.07) is 8.89. The van der Waals surface area contributed by atoms with Crippen molar-refractivity contribution >= 4 is 22.6 Å². The van der Waals surface area contributed by atoms with Gasteiger partial charge in [0.05, 0.1) is 10.4 Å². The molecular formula is C13H6ClFNO2. The van der Waals surface area contributed by atoms with Gasteiger partial charge in [0.1, 0.15) is 11.5 Å². The summed E-state index contributed by atoms with van der Waals surface area (Å²) < 4.78 is 18.7. The predicted molar refractivity (Wildman–Crippen MR) is 64.5 cm³/mol. The number of hydrogen-bond acceptors (Lipinski definition) is 2. The maximum atomic E-state index is 13.7. The predicted octanol–water partition coefficient (Wildman–Crippen LogP) is 4.43. The zero-order valence-corrected chi connectivity index (χ0v) is 9.74. The van der Waals surface area contributed by atoms with Crippen LogP contribution in [0.5, 0.6) is 5.75 Å². The smallest absolute Gasteiger partial charge is 0.201 e. The lowest BCUT2D eigenvalue weighted by Gasteiger charge is -1.98. The van der Waals surface area contributed by atoms with Crippen molar-refractivity contribution in [3.63, 3.8) is 0 Å². The minimum atomic E-state index is -0.407. The molecule has 0 fully saturated rings. The van der Waals surface area contributed by atoms with Crippen LogP contribution in [0.25, 0.3) is 22.2 Å². The minimum absolute atomic E-state index is 0.0586. The molecule has 1 radical (unpaired) electrons. The Morgan fingerprint density at radius 3 is 2.78 bits per heavy atom. The second kappa shape index (κ2) is 3.99. The zero-order chi connectivity index (χ0) is 12.7. The Hall–Kier alpha value is -2.07. The number of fused-ring (bicyclic) bond motifs is 1. The fraction of sp³-hybridized carbons (Fsp3) is 0. The molecule has 0 spiro atoms. The molecule has 1 aromatic heterocycles. The number of benzene rings is 2. The molecule has 3 aromatic rings. The Labute approximate surface area is 106 Å². The molecule has 3 rings (SSSR count). The van der Waals surface area contributed by atoms with Crippen LogP contribution in [-0.2, 0) is 5.11 Å². The third-order valence-electron chi connectivity index (χ3n) is 2.65. The van der Waals surface area contributed by atoms with Gasteiger partial charge in [-0.3, -0.25) is 5.11 Å². The molecule has 0 amide bonds. The van der Waals surface area contributed by atoms with Crippen LogP contribution in [-0.4, -0.2) is 5.16 Å². The molecule has 2 aromatic carbocycles. The number of rotatable bonds is 1. The molecule has 3 nitrogen and oxygen atoms in total. The normalized spacial score (nSPS) is 11.0. The van der Waals surface area contributed by atoms with Crippen molar-refractivity contribution in [3.8, 4) is 17.0 Å². The van der Waals surface area contributed by atoms with Gasteiger partial charge in [0.15, 0.2) is 5.58 Å². The van der Waals surface area contributed by atoms with E-state index in [2.05, 4.69) is 5.16 Å². The number of nitrogens with zero attached hydrogens (tertiary/aromatic N) is 1. The van der Waals surface area contributed by atoms with Crippen LogP contribution >= 0.6 is 11.6 Å². The van der Waals surface area contributed by atoms with Gasteiger partial charge < -0.3 is 4.52 Å². The molecule has 0 saturated carbocycles. The van der Waals surface area contributed by atoms with Crippen molar-refractivity contribution in [3.05, 3.63) is 47.2 Å². The van der Waals surface area contributed by atoms with Gasteiger partial charge in [-0.25, -0.2) is 4.39 Å². The summed E-state index contributed by atoms with van der Waals surface area (Å²) in [7, 11) is 0. The van der Waals surface area contributed by atoms with Gasteiger partial charge in [-0.1, -0.05) is 28.9 Å². The van der Waals surface area contributed by atoms with Crippen LogP contribution in [0.1, 0.15) is 0 Å². The summed E-state index contributed by atoms with van der Waals surface area (Å²) in [6.45, 7) is 0. The van der Waals surface area contributed by atoms with Gasteiger partial charge in [-0.05, 0) is 18.2 Å². The van der Waals surface area contributed by atoms with Crippen molar-refractivity contribution in [2.75, 3.05) is 0 Å². The molecule has 18 heavy (non-hydrogen) atoms. The van der Waals surface area contributed by atoms with E-state index in [9.17, 15) is 9.50 Å². The van der Waals surface area contributed by atoms with Gasteiger partial charge >= 0.3 is 0 Å². The molecule has 0 bridgehead atoms. The van der Waals surface area contributed by atoms with E-state index in [0.717, 1.165) is 0 Å². The Balaban J connectivity index is 2.31. The summed E-state index contributed by atoms with van der Waals surface area (Å²) in [5, 5.41) is 15.7. The van der Waals surface area contributed by atoms with Crippen LogP contribution in [0.4, 0.5) is 4.39 Å². The summed E-state index contributed by atoms with van der Waals surface area (Å²) >= 11 is 5.77. The Morgan fingerprint density at radius 2 is 2.00 bits per heavy atom. The standard InChI is InChI=1S/C13H6ClFNO2/c14-9-5-8-12(6-11(9)17)18-16-13(8)7-3-1-2-4-10(7)15/h1-6H. The van der Waals surface area contributed by atoms with E-state index in [1.165, 1.54) is 18.2 Å². The highest BCUT2D eigenvalue weighted by atomic mass is 35.5. The lowest BCUT2D eigenvalue weighted by atomic mass is 10.1. The first-order chi connectivity index (χ1) is 8.66. The molecule has 0 N–H and O–H groups in total. The highest BCUT2D eigenvalue weighted by Crippen LogP contribution is 2.35. The van der Waals surface area contributed by atoms with Crippen molar-refractivity contribution < 1.29 is 14.0 Å². The average Bonchev–Trinajstić information content (AvgIpc) is 2.73. The first-order valence-electron chi connectivity index (χ1n) is 5.17. The van der Waals surface area contributed by atoms with Crippen LogP contribution in [0, 0.1) is 5.82 Å². The molecule has 89 valence electrons. The molecule has 1 heterocycles. The second-order valence-corrected chi connectivity index (χ2v) is 4.20. The molecule has 0 aliphatic carbocycles. The summed E-state index contributed by atoms with van der Waals surface area (Å²) in [5.74, 6) is -0.754. The molecule has 5 heteroatoms. The first-order valence-corrected chi connectivity index (χ1v) is 5.55.